The Morgan fingerprint density at radius 2 is 1.76 bits per heavy atom. The number of nitrogens with one attached hydrogen (secondary N) is 1. The van der Waals surface area contributed by atoms with Gasteiger partial charge < -0.3 is 9.69 Å². The van der Waals surface area contributed by atoms with Gasteiger partial charge in [0.2, 0.25) is 0 Å². The molecule has 0 amide bonds. The Labute approximate surface area is 231 Å². The van der Waals surface area contributed by atoms with Crippen molar-refractivity contribution in [3.05, 3.63) is 65.7 Å². The maximum atomic E-state index is 13.5. The van der Waals surface area contributed by atoms with Crippen molar-refractivity contribution in [2.75, 3.05) is 22.7 Å². The zero-order valence-corrected chi connectivity index (χ0v) is 22.8. The van der Waals surface area contributed by atoms with Gasteiger partial charge in [-0.2, -0.15) is 8.42 Å². The third kappa shape index (κ3) is 7.40. The van der Waals surface area contributed by atoms with Crippen LogP contribution in [-0.4, -0.2) is 37.3 Å². The van der Waals surface area contributed by atoms with E-state index in [-0.39, 0.29) is 27.9 Å². The molecule has 0 aliphatic carbocycles. The summed E-state index contributed by atoms with van der Waals surface area (Å²) in [6.07, 6.45) is 8.06. The Kier molecular flexibility index (Phi) is 8.15. The molecule has 3 heterocycles. The summed E-state index contributed by atoms with van der Waals surface area (Å²) in [4.78, 5) is 22.6. The first kappa shape index (κ1) is 23.8. The van der Waals surface area contributed by atoms with Gasteiger partial charge >= 0.3 is 0 Å². The van der Waals surface area contributed by atoms with Crippen LogP contribution in [0.2, 0.25) is 0 Å². The number of hydrogen-bond acceptors (Lipinski definition) is 6. The lowest BCUT2D eigenvalue weighted by Crippen LogP contribution is -2.28. The van der Waals surface area contributed by atoms with E-state index in [1.165, 1.54) is 18.2 Å². The van der Waals surface area contributed by atoms with Crippen LogP contribution in [0.5, 0.6) is 0 Å². The average Bonchev–Trinajstić information content (AvgIpc) is 2.92. The number of Topliss-reactive ketones (excluding diaryl/α,β-unsaturated/α-hetero) is 1. The molecule has 3 aromatic rings. The second kappa shape index (κ2) is 13.0. The number of carbonyl (C=O) groups excluding carboxylic acids is 1. The second-order valence-corrected chi connectivity index (χ2v) is 11.5. The summed E-state index contributed by atoms with van der Waals surface area (Å²) in [5, 5.41) is -0.159. The van der Waals surface area contributed by atoms with E-state index in [1.54, 1.807) is 19.1 Å². The molecule has 202 valence electrons. The molecular weight excluding hydrogens is 496 g/mol. The molecule has 38 heavy (non-hydrogen) atoms. The summed E-state index contributed by atoms with van der Waals surface area (Å²) in [6.45, 7) is 0.463. The van der Waals surface area contributed by atoms with Gasteiger partial charge in [-0.1, -0.05) is 62.1 Å². The summed E-state index contributed by atoms with van der Waals surface area (Å²) in [5.41, 5.74) is 2.00. The maximum Gasteiger partial charge on any atom is 0.280 e. The molecule has 4 bridgehead atoms. The van der Waals surface area contributed by atoms with Gasteiger partial charge in [0, 0.05) is 29.2 Å². The summed E-state index contributed by atoms with van der Waals surface area (Å²) in [6, 6.07) is 15.3. The largest absolute Gasteiger partial charge is 0.357 e. The molecule has 0 spiro atoms. The Morgan fingerprint density at radius 3 is 2.58 bits per heavy atom. The molecular formula is C30H38N4O3S. The highest BCUT2D eigenvalue weighted by atomic mass is 32.2. The zero-order chi connectivity index (χ0) is 29.5. The van der Waals surface area contributed by atoms with E-state index < -0.39 is 16.9 Å². The maximum absolute atomic E-state index is 13.5. The van der Waals surface area contributed by atoms with Crippen LogP contribution >= 0.6 is 0 Å². The number of fused-ring (bicyclic) bond motifs is 6. The molecule has 0 radical (unpaired) electrons. The lowest BCUT2D eigenvalue weighted by Gasteiger charge is -2.24. The minimum Gasteiger partial charge on any atom is -0.357 e. The van der Waals surface area contributed by atoms with E-state index in [2.05, 4.69) is 14.7 Å². The minimum absolute atomic E-state index is 0.0197. The van der Waals surface area contributed by atoms with E-state index in [9.17, 15) is 13.2 Å². The van der Waals surface area contributed by atoms with E-state index in [4.69, 9.17) is 4.11 Å². The smallest absolute Gasteiger partial charge is 0.280 e. The summed E-state index contributed by atoms with van der Waals surface area (Å²) < 4.78 is 53.7. The summed E-state index contributed by atoms with van der Waals surface area (Å²) >= 11 is 0. The molecule has 8 heteroatoms. The number of nitrogens with zero attached hydrogens (tertiary/aromatic N) is 3. The van der Waals surface area contributed by atoms with Crippen LogP contribution in [0.1, 0.15) is 73.5 Å². The van der Waals surface area contributed by atoms with Gasteiger partial charge in [-0.3, -0.25) is 4.72 Å². The van der Waals surface area contributed by atoms with Crippen molar-refractivity contribution in [1.82, 2.24) is 9.97 Å². The molecule has 1 aromatic carbocycles. The fraction of sp³-hybridized carbons (Fsp3) is 0.433. The fourth-order valence-electron chi connectivity index (χ4n) is 4.80. The van der Waals surface area contributed by atoms with Crippen molar-refractivity contribution in [3.63, 3.8) is 0 Å². The Morgan fingerprint density at radius 1 is 0.974 bits per heavy atom. The van der Waals surface area contributed by atoms with E-state index >= 15 is 0 Å². The lowest BCUT2D eigenvalue weighted by molar-refractivity contribution is -0.117. The molecule has 0 fully saturated rings. The second-order valence-electron chi connectivity index (χ2n) is 9.85. The molecule has 0 unspecified atom stereocenters. The zero-order valence-electron chi connectivity index (χ0n) is 24.9. The van der Waals surface area contributed by atoms with Crippen molar-refractivity contribution < 1.29 is 17.3 Å². The molecule has 1 aliphatic heterocycles. The highest BCUT2D eigenvalue weighted by molar-refractivity contribution is 7.92. The summed E-state index contributed by atoms with van der Waals surface area (Å²) in [7, 11) is -4.13. The first-order valence-corrected chi connectivity index (χ1v) is 14.9. The molecule has 0 saturated carbocycles. The molecule has 4 rings (SSSR count). The fourth-order valence-corrected chi connectivity index (χ4v) is 5.76. The van der Waals surface area contributed by atoms with E-state index in [0.29, 0.717) is 30.8 Å². The minimum atomic E-state index is -4.13. The van der Waals surface area contributed by atoms with Gasteiger partial charge in [-0.25, -0.2) is 9.97 Å². The lowest BCUT2D eigenvalue weighted by atomic mass is 9.96. The molecule has 7 nitrogen and oxygen atoms in total. The number of aryl methyl sites for hydroxylation is 2. The van der Waals surface area contributed by atoms with Gasteiger partial charge in [-0.15, -0.1) is 0 Å². The molecule has 2 aromatic heterocycles. The van der Waals surface area contributed by atoms with Crippen LogP contribution in [0.3, 0.4) is 0 Å². The van der Waals surface area contributed by atoms with Crippen LogP contribution in [0.25, 0.3) is 11.3 Å². The third-order valence-electron chi connectivity index (χ3n) is 6.80. The number of carbonyl (C=O) groups is 1. The van der Waals surface area contributed by atoms with Gasteiger partial charge in [0.25, 0.3) is 10.0 Å². The number of ketones is 1. The Hall–Kier alpha value is -3.26. The van der Waals surface area contributed by atoms with E-state index in [1.807, 2.05) is 29.2 Å². The van der Waals surface area contributed by atoms with Crippen molar-refractivity contribution >= 4 is 27.4 Å². The van der Waals surface area contributed by atoms with Crippen molar-refractivity contribution in [3.8, 4) is 11.3 Å². The first-order valence-electron chi connectivity index (χ1n) is 14.9. The monoisotopic (exact) mass is 537 g/mol. The van der Waals surface area contributed by atoms with Crippen LogP contribution in [0.4, 0.5) is 11.6 Å². The Balaban J connectivity index is 1.75. The van der Waals surface area contributed by atoms with Gasteiger partial charge in [0.05, 0.1) is 5.69 Å². The van der Waals surface area contributed by atoms with Crippen LogP contribution in [-0.2, 0) is 21.2 Å². The number of sulfonamides is 1. The number of aromatic nitrogens is 2. The van der Waals surface area contributed by atoms with Gasteiger partial charge in [0.15, 0.2) is 5.03 Å². The standard InChI is InChI=1S/C30H38N4O3S/c1-23-19-20-27-31-30(23)26-16-9-8-15-25(26)14-7-5-3-4-6-10-21-34(22-12-13-24(2)35)28-17-11-18-29(32-28)38(36,37)33-27/h8-9,11,15-20H,3-7,10,12-14,21-22H2,1-2H3,(H,31,33)/i1D3. The van der Waals surface area contributed by atoms with Gasteiger partial charge in [0.1, 0.15) is 17.4 Å². The topological polar surface area (TPSA) is 92.3 Å². The number of anilines is 2. The number of hydrogen-bond donors (Lipinski definition) is 1. The van der Waals surface area contributed by atoms with Crippen LogP contribution < -0.4 is 9.62 Å². The molecule has 1 N–H and O–H groups in total. The van der Waals surface area contributed by atoms with Crippen LogP contribution in [0, 0.1) is 6.85 Å². The Bertz CT molecular complexity index is 1460. The number of pyridine rings is 2. The van der Waals surface area contributed by atoms with Gasteiger partial charge in [-0.05, 0) is 68.8 Å². The highest BCUT2D eigenvalue weighted by Crippen LogP contribution is 2.29. The van der Waals surface area contributed by atoms with Crippen molar-refractivity contribution in [1.29, 1.82) is 0 Å². The first-order chi connectivity index (χ1) is 19.5. The summed E-state index contributed by atoms with van der Waals surface area (Å²) in [5.74, 6) is 0.676. The third-order valence-corrected chi connectivity index (χ3v) is 8.05. The molecule has 0 atom stereocenters. The predicted octanol–water partition coefficient (Wildman–Crippen LogP) is 6.33. The molecule has 0 saturated heterocycles. The van der Waals surface area contributed by atoms with E-state index in [0.717, 1.165) is 57.1 Å². The number of rotatable bonds is 4. The highest BCUT2D eigenvalue weighted by Gasteiger charge is 2.20. The number of benzene rings is 1. The molecule has 1 aliphatic rings. The van der Waals surface area contributed by atoms with Crippen LogP contribution in [0.15, 0.2) is 59.6 Å². The SMILES string of the molecule is [2H]C([2H])([2H])c1ccc2nc1-c1ccccc1CCCCCCCCN(CCCC(C)=O)c1cccc(n1)S(=O)(=O)N2. The quantitative estimate of drug-likeness (QED) is 0.418. The van der Waals surface area contributed by atoms with Crippen molar-refractivity contribution in [2.45, 2.75) is 76.6 Å². The average molecular weight is 538 g/mol. The normalized spacial score (nSPS) is 17.8. The predicted molar refractivity (Wildman–Crippen MR) is 153 cm³/mol. The van der Waals surface area contributed by atoms with Crippen molar-refractivity contribution in [2.24, 2.45) is 0 Å².